The molecule has 4 rings (SSSR count). The smallest absolute Gasteiger partial charge is 0.225 e. The van der Waals surface area contributed by atoms with Crippen LogP contribution in [0.25, 0.3) is 0 Å². The number of amides is 1. The summed E-state index contributed by atoms with van der Waals surface area (Å²) in [5, 5.41) is 2.83. The van der Waals surface area contributed by atoms with E-state index in [1.807, 2.05) is 51.4 Å². The number of nitrogens with one attached hydrogen (secondary N) is 1. The first-order chi connectivity index (χ1) is 16.9. The quantitative estimate of drug-likeness (QED) is 0.465. The first-order valence-electron chi connectivity index (χ1n) is 11.9. The fraction of sp³-hybridized carbons (Fsp3) is 0.333. The van der Waals surface area contributed by atoms with Gasteiger partial charge in [0.05, 0.1) is 4.90 Å². The Bertz CT molecular complexity index is 1160. The Balaban J connectivity index is 1.63. The number of aromatic nitrogens is 1. The second kappa shape index (κ2) is 11.5. The molecule has 1 saturated heterocycles. The van der Waals surface area contributed by atoms with Crippen LogP contribution in [0, 0.1) is 0 Å². The first-order valence-corrected chi connectivity index (χ1v) is 12.7. The van der Waals surface area contributed by atoms with E-state index < -0.39 is 0 Å². The number of nitrogens with zero attached hydrogens (tertiary/aromatic N) is 4. The predicted octanol–water partition coefficient (Wildman–Crippen LogP) is 5.19. The Morgan fingerprint density at radius 3 is 2.63 bits per heavy atom. The molecule has 1 aliphatic heterocycles. The molecule has 0 bridgehead atoms. The molecule has 1 aliphatic rings. The summed E-state index contributed by atoms with van der Waals surface area (Å²) in [5.74, 6) is 2.09. The Morgan fingerprint density at radius 1 is 1.09 bits per heavy atom. The van der Waals surface area contributed by atoms with Crippen molar-refractivity contribution in [2.24, 2.45) is 0 Å². The van der Waals surface area contributed by atoms with E-state index in [1.54, 1.807) is 18.0 Å². The third-order valence-electron chi connectivity index (χ3n) is 5.91. The van der Waals surface area contributed by atoms with E-state index in [4.69, 9.17) is 4.74 Å². The summed E-state index contributed by atoms with van der Waals surface area (Å²) in [6, 6.07) is 18.3. The van der Waals surface area contributed by atoms with Crippen LogP contribution in [0.1, 0.15) is 13.3 Å². The average Bonchev–Trinajstić information content (AvgIpc) is 2.86. The first kappa shape index (κ1) is 24.9. The lowest BCUT2D eigenvalue weighted by Crippen LogP contribution is -2.44. The zero-order valence-corrected chi connectivity index (χ0v) is 21.6. The molecule has 0 unspecified atom stereocenters. The molecule has 2 aromatic carbocycles. The summed E-state index contributed by atoms with van der Waals surface area (Å²) in [5.41, 5.74) is 2.24. The minimum Gasteiger partial charge on any atom is -0.456 e. The summed E-state index contributed by atoms with van der Waals surface area (Å²) < 4.78 is 6.47. The number of hydrogen-bond donors (Lipinski definition) is 1. The fourth-order valence-electron chi connectivity index (χ4n) is 3.78. The molecule has 184 valence electrons. The van der Waals surface area contributed by atoms with E-state index in [-0.39, 0.29) is 5.91 Å². The van der Waals surface area contributed by atoms with Crippen molar-refractivity contribution in [2.75, 3.05) is 62.4 Å². The number of hydrogen-bond acceptors (Lipinski definition) is 7. The highest BCUT2D eigenvalue weighted by molar-refractivity contribution is 7.99. The zero-order chi connectivity index (χ0) is 24.8. The number of piperazine rings is 1. The molecule has 35 heavy (non-hydrogen) atoms. The standard InChI is InChI=1S/C27H33N5O2S/c1-5-27(33)29-26-19-23(11-12-28-26)35-25-10-9-21(32-15-13-31(4)14-16-32)18-24(25)34-22-8-6-7-20(17-22)30(2)3/h6-12,17-19H,5,13-16H2,1-4H3,(H,28,29,33). The third-order valence-corrected chi connectivity index (χ3v) is 6.95. The van der Waals surface area contributed by atoms with E-state index in [2.05, 4.69) is 56.3 Å². The van der Waals surface area contributed by atoms with Crippen molar-refractivity contribution in [2.45, 2.75) is 23.1 Å². The van der Waals surface area contributed by atoms with Gasteiger partial charge in [-0.3, -0.25) is 4.79 Å². The maximum absolute atomic E-state index is 11.8. The van der Waals surface area contributed by atoms with Crippen molar-refractivity contribution in [3.63, 3.8) is 0 Å². The summed E-state index contributed by atoms with van der Waals surface area (Å²) in [7, 11) is 6.20. The van der Waals surface area contributed by atoms with Crippen molar-refractivity contribution in [3.8, 4) is 11.5 Å². The molecule has 1 amide bonds. The lowest BCUT2D eigenvalue weighted by Gasteiger charge is -2.34. The van der Waals surface area contributed by atoms with Crippen molar-refractivity contribution in [3.05, 3.63) is 60.8 Å². The zero-order valence-electron chi connectivity index (χ0n) is 20.8. The molecule has 8 heteroatoms. The van der Waals surface area contributed by atoms with Crippen LogP contribution in [-0.2, 0) is 4.79 Å². The van der Waals surface area contributed by atoms with Crippen molar-refractivity contribution in [1.29, 1.82) is 0 Å². The highest BCUT2D eigenvalue weighted by Gasteiger charge is 2.17. The van der Waals surface area contributed by atoms with Crippen LogP contribution in [0.4, 0.5) is 17.2 Å². The van der Waals surface area contributed by atoms with Gasteiger partial charge in [0.15, 0.2) is 0 Å². The van der Waals surface area contributed by atoms with E-state index in [0.29, 0.717) is 12.2 Å². The SMILES string of the molecule is CCC(=O)Nc1cc(Sc2ccc(N3CCN(C)CC3)cc2Oc2cccc(N(C)C)c2)ccn1. The lowest BCUT2D eigenvalue weighted by atomic mass is 10.2. The molecular formula is C27H33N5O2S. The van der Waals surface area contributed by atoms with Gasteiger partial charge in [0.2, 0.25) is 5.91 Å². The van der Waals surface area contributed by atoms with Crippen molar-refractivity contribution in [1.82, 2.24) is 9.88 Å². The number of pyridine rings is 1. The Labute approximate surface area is 212 Å². The van der Waals surface area contributed by atoms with E-state index in [0.717, 1.165) is 58.8 Å². The van der Waals surface area contributed by atoms with E-state index >= 15 is 0 Å². The van der Waals surface area contributed by atoms with Gasteiger partial charge >= 0.3 is 0 Å². The molecule has 0 spiro atoms. The Hall–Kier alpha value is -3.23. The molecule has 0 radical (unpaired) electrons. The number of benzene rings is 2. The number of likely N-dealkylation sites (N-methyl/N-ethyl adjacent to an activating group) is 1. The van der Waals surface area contributed by atoms with Gasteiger partial charge < -0.3 is 24.8 Å². The van der Waals surface area contributed by atoms with Crippen LogP contribution in [0.15, 0.2) is 70.6 Å². The van der Waals surface area contributed by atoms with Gasteiger partial charge in [-0.15, -0.1) is 0 Å². The van der Waals surface area contributed by atoms with Gasteiger partial charge in [-0.05, 0) is 43.4 Å². The van der Waals surface area contributed by atoms with Crippen molar-refractivity contribution >= 4 is 34.9 Å². The van der Waals surface area contributed by atoms with Gasteiger partial charge in [0, 0.05) is 81.3 Å². The van der Waals surface area contributed by atoms with E-state index in [1.165, 1.54) is 0 Å². The van der Waals surface area contributed by atoms with Gasteiger partial charge in [-0.1, -0.05) is 24.8 Å². The van der Waals surface area contributed by atoms with Crippen LogP contribution in [0.5, 0.6) is 11.5 Å². The second-order valence-corrected chi connectivity index (χ2v) is 9.91. The van der Waals surface area contributed by atoms with Crippen molar-refractivity contribution < 1.29 is 9.53 Å². The molecular weight excluding hydrogens is 458 g/mol. The Kier molecular flexibility index (Phi) is 8.15. The normalized spacial score (nSPS) is 14.0. The second-order valence-electron chi connectivity index (χ2n) is 8.80. The van der Waals surface area contributed by atoms with Gasteiger partial charge in [0.1, 0.15) is 17.3 Å². The molecule has 1 fully saturated rings. The molecule has 1 aromatic heterocycles. The predicted molar refractivity (Wildman–Crippen MR) is 144 cm³/mol. The Morgan fingerprint density at radius 2 is 1.89 bits per heavy atom. The molecule has 1 N–H and O–H groups in total. The molecule has 3 aromatic rings. The summed E-state index contributed by atoms with van der Waals surface area (Å²) >= 11 is 1.60. The van der Waals surface area contributed by atoms with Crippen LogP contribution < -0.4 is 19.9 Å². The number of carbonyl (C=O) groups is 1. The monoisotopic (exact) mass is 491 g/mol. The summed E-state index contributed by atoms with van der Waals surface area (Å²) in [6.45, 7) is 5.89. The summed E-state index contributed by atoms with van der Waals surface area (Å²) in [6.07, 6.45) is 2.13. The van der Waals surface area contributed by atoms with Crippen LogP contribution in [0.3, 0.4) is 0 Å². The van der Waals surface area contributed by atoms with Gasteiger partial charge in [-0.2, -0.15) is 0 Å². The van der Waals surface area contributed by atoms with Crippen LogP contribution >= 0.6 is 11.8 Å². The fourth-order valence-corrected chi connectivity index (χ4v) is 4.67. The maximum Gasteiger partial charge on any atom is 0.225 e. The highest BCUT2D eigenvalue weighted by atomic mass is 32.2. The van der Waals surface area contributed by atoms with Gasteiger partial charge in [0.25, 0.3) is 0 Å². The average molecular weight is 492 g/mol. The minimum absolute atomic E-state index is 0.0547. The molecule has 0 saturated carbocycles. The lowest BCUT2D eigenvalue weighted by molar-refractivity contribution is -0.115. The largest absolute Gasteiger partial charge is 0.456 e. The minimum atomic E-state index is -0.0547. The molecule has 0 atom stereocenters. The summed E-state index contributed by atoms with van der Waals surface area (Å²) in [4.78, 5) is 24.9. The molecule has 7 nitrogen and oxygen atoms in total. The van der Waals surface area contributed by atoms with Crippen LogP contribution in [0.2, 0.25) is 0 Å². The molecule has 0 aliphatic carbocycles. The number of carbonyl (C=O) groups excluding carboxylic acids is 1. The van der Waals surface area contributed by atoms with Crippen LogP contribution in [-0.4, -0.2) is 63.1 Å². The number of rotatable bonds is 8. The van der Waals surface area contributed by atoms with E-state index in [9.17, 15) is 4.79 Å². The highest BCUT2D eigenvalue weighted by Crippen LogP contribution is 2.40. The third kappa shape index (κ3) is 6.68. The number of anilines is 3. The van der Waals surface area contributed by atoms with Gasteiger partial charge in [-0.25, -0.2) is 4.98 Å². The topological polar surface area (TPSA) is 60.9 Å². The molecule has 2 heterocycles. The number of ether oxygens (including phenoxy) is 1. The maximum atomic E-state index is 11.8.